The maximum Gasteiger partial charge on any atom is 0.232 e. The Morgan fingerprint density at radius 3 is 3.00 bits per heavy atom. The largest absolute Gasteiger partial charge is 0.495 e. The summed E-state index contributed by atoms with van der Waals surface area (Å²) in [5.74, 6) is 1.84. The van der Waals surface area contributed by atoms with Gasteiger partial charge in [0.25, 0.3) is 0 Å². The Hall–Kier alpha value is -2.45. The number of rotatable bonds is 4. The second-order valence-electron chi connectivity index (χ2n) is 7.27. The van der Waals surface area contributed by atoms with E-state index in [0.29, 0.717) is 30.4 Å². The van der Waals surface area contributed by atoms with Crippen LogP contribution in [0.25, 0.3) is 0 Å². The van der Waals surface area contributed by atoms with Crippen molar-refractivity contribution in [1.82, 2.24) is 20.4 Å². The van der Waals surface area contributed by atoms with Crippen LogP contribution in [0.5, 0.6) is 5.75 Å². The summed E-state index contributed by atoms with van der Waals surface area (Å²) >= 11 is 0. The van der Waals surface area contributed by atoms with Gasteiger partial charge in [-0.15, -0.1) is 0 Å². The number of nitrogens with one attached hydrogen (secondary N) is 1. The van der Waals surface area contributed by atoms with Gasteiger partial charge in [-0.25, -0.2) is 0 Å². The first-order valence-corrected chi connectivity index (χ1v) is 9.26. The van der Waals surface area contributed by atoms with Crippen LogP contribution in [0.2, 0.25) is 0 Å². The SMILES string of the molecule is COc1ccc(C)cc1N1CC(c2nc(C3CNCCN3C)no2)CC1=O. The minimum atomic E-state index is -0.106. The number of hydrogen-bond acceptors (Lipinski definition) is 7. The van der Waals surface area contributed by atoms with Gasteiger partial charge in [-0.3, -0.25) is 9.69 Å². The first kappa shape index (κ1) is 17.9. The van der Waals surface area contributed by atoms with E-state index in [-0.39, 0.29) is 17.9 Å². The van der Waals surface area contributed by atoms with Crippen LogP contribution in [0.3, 0.4) is 0 Å². The van der Waals surface area contributed by atoms with Gasteiger partial charge in [0.15, 0.2) is 5.82 Å². The molecule has 1 aromatic heterocycles. The van der Waals surface area contributed by atoms with Gasteiger partial charge >= 0.3 is 0 Å². The van der Waals surface area contributed by atoms with Crippen molar-refractivity contribution in [3.05, 3.63) is 35.5 Å². The lowest BCUT2D eigenvalue weighted by molar-refractivity contribution is -0.117. The number of ether oxygens (including phenoxy) is 1. The van der Waals surface area contributed by atoms with Crippen molar-refractivity contribution < 1.29 is 14.1 Å². The van der Waals surface area contributed by atoms with E-state index in [1.165, 1.54) is 0 Å². The molecule has 0 saturated carbocycles. The molecule has 1 amide bonds. The zero-order valence-corrected chi connectivity index (χ0v) is 15.9. The average molecular weight is 371 g/mol. The van der Waals surface area contributed by atoms with Crippen molar-refractivity contribution >= 4 is 11.6 Å². The molecule has 2 atom stereocenters. The number of hydrogen-bond donors (Lipinski definition) is 1. The summed E-state index contributed by atoms with van der Waals surface area (Å²) in [7, 11) is 3.68. The molecule has 0 spiro atoms. The molecule has 2 saturated heterocycles. The van der Waals surface area contributed by atoms with Crippen LogP contribution < -0.4 is 15.0 Å². The number of carbonyl (C=O) groups excluding carboxylic acids is 1. The highest BCUT2D eigenvalue weighted by molar-refractivity contribution is 5.97. The van der Waals surface area contributed by atoms with E-state index >= 15 is 0 Å². The summed E-state index contributed by atoms with van der Waals surface area (Å²) in [5.41, 5.74) is 1.87. The molecule has 2 fully saturated rings. The lowest BCUT2D eigenvalue weighted by atomic mass is 10.1. The van der Waals surface area contributed by atoms with Gasteiger partial charge in [0.1, 0.15) is 5.75 Å². The third kappa shape index (κ3) is 3.42. The molecule has 0 radical (unpaired) electrons. The molecule has 144 valence electrons. The van der Waals surface area contributed by atoms with Gasteiger partial charge in [0.05, 0.1) is 24.8 Å². The molecule has 4 rings (SSSR count). The second kappa shape index (κ2) is 7.28. The summed E-state index contributed by atoms with van der Waals surface area (Å²) < 4.78 is 11.0. The molecule has 27 heavy (non-hydrogen) atoms. The number of likely N-dealkylation sites (N-methyl/N-ethyl adjacent to an activating group) is 1. The topological polar surface area (TPSA) is 83.7 Å². The third-order valence-electron chi connectivity index (χ3n) is 5.37. The fourth-order valence-corrected chi connectivity index (χ4v) is 3.76. The molecule has 0 bridgehead atoms. The van der Waals surface area contributed by atoms with Crippen molar-refractivity contribution in [2.45, 2.75) is 25.3 Å². The molecule has 1 N–H and O–H groups in total. The Balaban J connectivity index is 1.54. The molecule has 0 aliphatic carbocycles. The number of carbonyl (C=O) groups is 1. The zero-order chi connectivity index (χ0) is 19.0. The number of aryl methyl sites for hydroxylation is 1. The van der Waals surface area contributed by atoms with Crippen molar-refractivity contribution in [2.24, 2.45) is 0 Å². The van der Waals surface area contributed by atoms with Crippen LogP contribution in [-0.2, 0) is 4.79 Å². The van der Waals surface area contributed by atoms with E-state index < -0.39 is 0 Å². The summed E-state index contributed by atoms with van der Waals surface area (Å²) in [6.45, 7) is 5.21. The van der Waals surface area contributed by atoms with E-state index in [4.69, 9.17) is 9.26 Å². The van der Waals surface area contributed by atoms with Crippen LogP contribution in [-0.4, -0.2) is 61.3 Å². The fraction of sp³-hybridized carbons (Fsp3) is 0.526. The first-order valence-electron chi connectivity index (χ1n) is 9.26. The molecule has 1 aromatic carbocycles. The summed E-state index contributed by atoms with van der Waals surface area (Å²) in [6, 6.07) is 5.93. The molecule has 2 unspecified atom stereocenters. The van der Waals surface area contributed by atoms with E-state index in [1.54, 1.807) is 12.0 Å². The van der Waals surface area contributed by atoms with Crippen molar-refractivity contribution in [3.8, 4) is 5.75 Å². The van der Waals surface area contributed by atoms with Gasteiger partial charge in [-0.2, -0.15) is 4.98 Å². The normalized spacial score (nSPS) is 23.8. The molecular weight excluding hydrogens is 346 g/mol. The van der Waals surface area contributed by atoms with Gasteiger partial charge in [-0.05, 0) is 31.7 Å². The molecule has 2 aliphatic heterocycles. The fourth-order valence-electron chi connectivity index (χ4n) is 3.76. The molecule has 8 heteroatoms. The van der Waals surface area contributed by atoms with Crippen LogP contribution in [0.1, 0.15) is 35.7 Å². The number of benzene rings is 1. The van der Waals surface area contributed by atoms with Gasteiger partial charge in [0, 0.05) is 32.6 Å². The average Bonchev–Trinajstić information content (AvgIpc) is 3.29. The Labute approximate surface area is 158 Å². The summed E-state index contributed by atoms with van der Waals surface area (Å²) in [6.07, 6.45) is 0.359. The summed E-state index contributed by atoms with van der Waals surface area (Å²) in [5, 5.41) is 7.54. The monoisotopic (exact) mass is 371 g/mol. The predicted octanol–water partition coefficient (Wildman–Crippen LogP) is 1.48. The second-order valence-corrected chi connectivity index (χ2v) is 7.27. The van der Waals surface area contributed by atoms with Gasteiger partial charge < -0.3 is 19.5 Å². The number of aromatic nitrogens is 2. The third-order valence-corrected chi connectivity index (χ3v) is 5.37. The maximum atomic E-state index is 12.7. The molecule has 3 heterocycles. The first-order chi connectivity index (χ1) is 13.1. The Bertz CT molecular complexity index is 837. The standard InChI is InChI=1S/C19H25N5O3/c1-12-4-5-16(26-3)14(8-12)24-11-13(9-17(24)25)19-21-18(22-27-19)15-10-20-6-7-23(15)2/h4-5,8,13,15,20H,6-7,9-11H2,1-3H3. The molecule has 2 aromatic rings. The molecular formula is C19H25N5O3. The summed E-state index contributed by atoms with van der Waals surface area (Å²) in [4.78, 5) is 21.3. The van der Waals surface area contributed by atoms with E-state index in [1.807, 2.05) is 25.1 Å². The lowest BCUT2D eigenvalue weighted by Gasteiger charge is -2.30. The van der Waals surface area contributed by atoms with E-state index in [9.17, 15) is 4.79 Å². The van der Waals surface area contributed by atoms with E-state index in [0.717, 1.165) is 30.9 Å². The quantitative estimate of drug-likeness (QED) is 0.871. The minimum absolute atomic E-state index is 0.0418. The Morgan fingerprint density at radius 2 is 2.22 bits per heavy atom. The van der Waals surface area contributed by atoms with Gasteiger partial charge in [-0.1, -0.05) is 11.2 Å². The number of methoxy groups -OCH3 is 1. The molecule has 2 aliphatic rings. The van der Waals surface area contributed by atoms with E-state index in [2.05, 4.69) is 27.4 Å². The molecule has 8 nitrogen and oxygen atoms in total. The van der Waals surface area contributed by atoms with Crippen molar-refractivity contribution in [3.63, 3.8) is 0 Å². The van der Waals surface area contributed by atoms with Gasteiger partial charge in [0.2, 0.25) is 11.8 Å². The number of anilines is 1. The maximum absolute atomic E-state index is 12.7. The lowest BCUT2D eigenvalue weighted by Crippen LogP contribution is -2.44. The van der Waals surface area contributed by atoms with Crippen molar-refractivity contribution in [1.29, 1.82) is 0 Å². The van der Waals surface area contributed by atoms with Crippen LogP contribution in [0, 0.1) is 6.92 Å². The highest BCUT2D eigenvalue weighted by Crippen LogP contribution is 2.37. The Morgan fingerprint density at radius 1 is 1.37 bits per heavy atom. The van der Waals surface area contributed by atoms with Crippen LogP contribution >= 0.6 is 0 Å². The minimum Gasteiger partial charge on any atom is -0.495 e. The Kier molecular flexibility index (Phi) is 4.84. The van der Waals surface area contributed by atoms with Crippen LogP contribution in [0.4, 0.5) is 5.69 Å². The number of piperazine rings is 1. The highest BCUT2D eigenvalue weighted by atomic mass is 16.5. The smallest absolute Gasteiger partial charge is 0.232 e. The predicted molar refractivity (Wildman–Crippen MR) is 100.0 cm³/mol. The highest BCUT2D eigenvalue weighted by Gasteiger charge is 2.37. The van der Waals surface area contributed by atoms with Crippen LogP contribution in [0.15, 0.2) is 22.7 Å². The zero-order valence-electron chi connectivity index (χ0n) is 15.9. The van der Waals surface area contributed by atoms with Crippen molar-refractivity contribution in [2.75, 3.05) is 45.2 Å². The number of nitrogens with zero attached hydrogens (tertiary/aromatic N) is 4. The number of amides is 1.